The van der Waals surface area contributed by atoms with Gasteiger partial charge in [-0.25, -0.2) is 0 Å². The Hall–Kier alpha value is 0.730. The van der Waals surface area contributed by atoms with Gasteiger partial charge in [0.25, 0.3) is 0 Å². The van der Waals surface area contributed by atoms with Crippen LogP contribution in [0.15, 0.2) is 0 Å². The first-order chi connectivity index (χ1) is 13.3. The van der Waals surface area contributed by atoms with Gasteiger partial charge in [0.15, 0.2) is 0 Å². The van der Waals surface area contributed by atoms with Crippen LogP contribution in [-0.4, -0.2) is 4.43 Å². The fraction of sp³-hybridized carbons (Fsp3) is 1.00. The van der Waals surface area contributed by atoms with Crippen LogP contribution in [0.5, 0.6) is 0 Å². The van der Waals surface area contributed by atoms with E-state index in [2.05, 4.69) is 29.5 Å². The number of rotatable bonds is 5. The van der Waals surface area contributed by atoms with Crippen molar-refractivity contribution in [3.63, 3.8) is 0 Å². The lowest BCUT2D eigenvalue weighted by Gasteiger charge is -2.59. The molecule has 6 atom stereocenters. The molecule has 0 saturated heterocycles. The first kappa shape index (κ1) is 21.0. The second-order valence-corrected chi connectivity index (χ2v) is 11.9. The van der Waals surface area contributed by atoms with E-state index < -0.39 is 0 Å². The molecule has 1 heteroatoms. The van der Waals surface area contributed by atoms with Gasteiger partial charge in [-0.3, -0.25) is 0 Å². The zero-order chi connectivity index (χ0) is 18.6. The molecular weight excluding hydrogens is 439 g/mol. The lowest BCUT2D eigenvalue weighted by atomic mass is 9.46. The molecule has 4 rings (SSSR count). The largest absolute Gasteiger partial charge is 0.0864 e. The van der Waals surface area contributed by atoms with Gasteiger partial charge in [-0.05, 0) is 71.0 Å². The molecule has 0 N–H and O–H groups in total. The summed E-state index contributed by atoms with van der Waals surface area (Å²) in [4.78, 5) is 0. The van der Waals surface area contributed by atoms with E-state index in [1.807, 2.05) is 0 Å². The number of fused-ring (bicyclic) bond motifs is 1. The number of alkyl halides is 1. The second kappa shape index (κ2) is 10.2. The fourth-order valence-electron chi connectivity index (χ4n) is 8.89. The average Bonchev–Trinajstić information content (AvgIpc) is 2.74. The smallest absolute Gasteiger partial charge is 0.000188 e. The topological polar surface area (TPSA) is 0 Å². The van der Waals surface area contributed by atoms with Crippen LogP contribution in [0.25, 0.3) is 0 Å². The Labute approximate surface area is 183 Å². The zero-order valence-corrected chi connectivity index (χ0v) is 20.2. The predicted molar refractivity (Wildman–Crippen MR) is 126 cm³/mol. The minimum Gasteiger partial charge on any atom is -0.0864 e. The van der Waals surface area contributed by atoms with Gasteiger partial charge in [-0.2, -0.15) is 0 Å². The van der Waals surface area contributed by atoms with Gasteiger partial charge in [0, 0.05) is 0 Å². The van der Waals surface area contributed by atoms with E-state index in [4.69, 9.17) is 0 Å². The lowest BCUT2D eigenvalue weighted by Crippen LogP contribution is -2.52. The van der Waals surface area contributed by atoms with Gasteiger partial charge < -0.3 is 0 Å². The highest BCUT2D eigenvalue weighted by molar-refractivity contribution is 14.1. The summed E-state index contributed by atoms with van der Waals surface area (Å²) < 4.78 is 1.40. The van der Waals surface area contributed by atoms with E-state index >= 15 is 0 Å². The molecule has 0 aliphatic heterocycles. The summed E-state index contributed by atoms with van der Waals surface area (Å²) in [6.45, 7) is 2.57. The monoisotopic (exact) mass is 484 g/mol. The molecule has 0 aromatic carbocycles. The van der Waals surface area contributed by atoms with E-state index in [0.29, 0.717) is 0 Å². The summed E-state index contributed by atoms with van der Waals surface area (Å²) in [5.74, 6) is 8.77. The van der Waals surface area contributed by atoms with Crippen molar-refractivity contribution in [2.24, 2.45) is 47.3 Å². The Balaban J connectivity index is 1.65. The normalized spacial score (nSPS) is 42.0. The molecule has 27 heavy (non-hydrogen) atoms. The molecule has 6 unspecified atom stereocenters. The van der Waals surface area contributed by atoms with Crippen molar-refractivity contribution >= 4 is 22.6 Å². The molecule has 0 spiro atoms. The quantitative estimate of drug-likeness (QED) is 0.271. The van der Waals surface area contributed by atoms with Gasteiger partial charge in [-0.15, -0.1) is 0 Å². The molecule has 4 aliphatic carbocycles. The number of hydrogen-bond donors (Lipinski definition) is 0. The van der Waals surface area contributed by atoms with Crippen molar-refractivity contribution in [1.29, 1.82) is 0 Å². The Kier molecular flexibility index (Phi) is 7.90. The highest BCUT2D eigenvalue weighted by Gasteiger charge is 2.53. The van der Waals surface area contributed by atoms with E-state index in [9.17, 15) is 0 Å². The van der Waals surface area contributed by atoms with Gasteiger partial charge in [0.05, 0.1) is 0 Å². The molecule has 4 fully saturated rings. The predicted octanol–water partition coefficient (Wildman–Crippen LogP) is 8.67. The number of hydrogen-bond acceptors (Lipinski definition) is 0. The zero-order valence-electron chi connectivity index (χ0n) is 18.0. The van der Waals surface area contributed by atoms with E-state index in [1.54, 1.807) is 64.2 Å². The summed E-state index contributed by atoms with van der Waals surface area (Å²) >= 11 is 2.71. The molecule has 0 nitrogen and oxygen atoms in total. The summed E-state index contributed by atoms with van der Waals surface area (Å²) in [6.07, 6.45) is 24.8. The molecule has 0 aromatic heterocycles. The third-order valence-electron chi connectivity index (χ3n) is 9.70. The summed E-state index contributed by atoms with van der Waals surface area (Å²) in [5, 5.41) is 0. The molecular formula is C26H45I. The summed E-state index contributed by atoms with van der Waals surface area (Å²) in [7, 11) is 0. The van der Waals surface area contributed by atoms with Crippen molar-refractivity contribution < 1.29 is 0 Å². The first-order valence-electron chi connectivity index (χ1n) is 12.9. The van der Waals surface area contributed by atoms with E-state index in [0.717, 1.165) is 47.3 Å². The van der Waals surface area contributed by atoms with Gasteiger partial charge in [0.2, 0.25) is 0 Å². The van der Waals surface area contributed by atoms with Crippen LogP contribution in [-0.2, 0) is 0 Å². The van der Waals surface area contributed by atoms with Crippen molar-refractivity contribution in [3.05, 3.63) is 0 Å². The molecule has 4 aliphatic rings. The van der Waals surface area contributed by atoms with Crippen LogP contribution in [0, 0.1) is 47.3 Å². The maximum absolute atomic E-state index is 2.71. The Morgan fingerprint density at radius 2 is 1.04 bits per heavy atom. The van der Waals surface area contributed by atoms with Crippen molar-refractivity contribution in [2.75, 3.05) is 4.43 Å². The number of halogens is 1. The molecule has 0 amide bonds. The van der Waals surface area contributed by atoms with Crippen LogP contribution >= 0.6 is 22.6 Å². The van der Waals surface area contributed by atoms with Gasteiger partial charge in [-0.1, -0.05) is 113 Å². The van der Waals surface area contributed by atoms with Crippen LogP contribution < -0.4 is 0 Å². The van der Waals surface area contributed by atoms with Gasteiger partial charge in [0.1, 0.15) is 0 Å². The third kappa shape index (κ3) is 4.43. The molecule has 4 saturated carbocycles. The van der Waals surface area contributed by atoms with E-state index in [1.165, 1.54) is 43.0 Å². The highest BCUT2D eigenvalue weighted by Crippen LogP contribution is 2.60. The molecule has 156 valence electrons. The third-order valence-corrected chi connectivity index (χ3v) is 10.3. The van der Waals surface area contributed by atoms with Crippen molar-refractivity contribution in [1.82, 2.24) is 0 Å². The second-order valence-electron chi connectivity index (χ2n) is 10.8. The molecule has 0 bridgehead atoms. The summed E-state index contributed by atoms with van der Waals surface area (Å²) in [5.41, 5.74) is 0. The Bertz CT molecular complexity index is 433. The SMILES string of the molecule is CCC1C(CCI)C(C2CCCCC2)C2CCCCC2C1C1CCCCC1. The molecule has 0 radical (unpaired) electrons. The summed E-state index contributed by atoms with van der Waals surface area (Å²) in [6, 6.07) is 0. The van der Waals surface area contributed by atoms with Crippen LogP contribution in [0.1, 0.15) is 110 Å². The molecule has 0 heterocycles. The first-order valence-corrected chi connectivity index (χ1v) is 14.4. The Morgan fingerprint density at radius 1 is 0.593 bits per heavy atom. The highest BCUT2D eigenvalue weighted by atomic mass is 127. The van der Waals surface area contributed by atoms with Crippen LogP contribution in [0.3, 0.4) is 0 Å². The lowest BCUT2D eigenvalue weighted by molar-refractivity contribution is -0.0991. The minimum atomic E-state index is 1.06. The fourth-order valence-corrected chi connectivity index (χ4v) is 9.61. The maximum atomic E-state index is 2.71. The van der Waals surface area contributed by atoms with E-state index in [-0.39, 0.29) is 0 Å². The standard InChI is InChI=1S/C26H45I/c1-2-21-24(17-18-27)26(20-13-7-4-8-14-20)23-16-10-9-15-22(23)25(21)19-11-5-3-6-12-19/h19-26H,2-18H2,1H3. The van der Waals surface area contributed by atoms with Gasteiger partial charge >= 0.3 is 0 Å². The molecule has 0 aromatic rings. The maximum Gasteiger partial charge on any atom is -0.000188 e. The van der Waals surface area contributed by atoms with Crippen molar-refractivity contribution in [2.45, 2.75) is 110 Å². The average molecular weight is 485 g/mol. The Morgan fingerprint density at radius 3 is 1.48 bits per heavy atom. The minimum absolute atomic E-state index is 1.06. The van der Waals surface area contributed by atoms with Crippen LogP contribution in [0.4, 0.5) is 0 Å². The van der Waals surface area contributed by atoms with Crippen molar-refractivity contribution in [3.8, 4) is 0 Å². The van der Waals surface area contributed by atoms with Crippen LogP contribution in [0.2, 0.25) is 0 Å².